The Labute approximate surface area is 62.4 Å². The van der Waals surface area contributed by atoms with Crippen LogP contribution in [0, 0.1) is 5.41 Å². The second kappa shape index (κ2) is 3.01. The minimum absolute atomic E-state index is 0.0942. The molecule has 1 aliphatic heterocycles. The highest BCUT2D eigenvalue weighted by Crippen LogP contribution is 1.97. The van der Waals surface area contributed by atoms with Crippen molar-refractivity contribution in [2.75, 3.05) is 24.6 Å². The van der Waals surface area contributed by atoms with Crippen LogP contribution in [-0.2, 0) is 10.8 Å². The molecule has 0 aromatic rings. The van der Waals surface area contributed by atoms with Gasteiger partial charge in [0.15, 0.2) is 5.96 Å². The second-order valence-electron chi connectivity index (χ2n) is 2.22. The third-order valence-electron chi connectivity index (χ3n) is 1.52. The average molecular weight is 161 g/mol. The highest BCUT2D eigenvalue weighted by Gasteiger charge is 2.14. The number of nitrogens with two attached hydrogens (primary N) is 1. The summed E-state index contributed by atoms with van der Waals surface area (Å²) in [5.74, 6) is 1.40. The van der Waals surface area contributed by atoms with Crippen LogP contribution in [-0.4, -0.2) is 39.7 Å². The standard InChI is InChI=1S/C5H11N3OS/c6-5(7)8-1-3-10(9)4-2-8/h1-4H2,(H3,6,7). The third-order valence-corrected chi connectivity index (χ3v) is 2.79. The Morgan fingerprint density at radius 2 is 2.00 bits per heavy atom. The normalized spacial score (nSPS) is 21.0. The summed E-state index contributed by atoms with van der Waals surface area (Å²) in [5.41, 5.74) is 5.22. The molecule has 0 atom stereocenters. The van der Waals surface area contributed by atoms with E-state index in [1.807, 2.05) is 0 Å². The molecular formula is C5H11N3OS. The van der Waals surface area contributed by atoms with Crippen molar-refractivity contribution in [2.24, 2.45) is 5.73 Å². The van der Waals surface area contributed by atoms with E-state index in [1.165, 1.54) is 0 Å². The molecule has 0 saturated carbocycles. The second-order valence-corrected chi connectivity index (χ2v) is 3.92. The van der Waals surface area contributed by atoms with Crippen molar-refractivity contribution < 1.29 is 4.21 Å². The first-order chi connectivity index (χ1) is 4.70. The van der Waals surface area contributed by atoms with Crippen LogP contribution in [0.5, 0.6) is 0 Å². The molecule has 1 saturated heterocycles. The minimum atomic E-state index is -0.671. The summed E-state index contributed by atoms with van der Waals surface area (Å²) < 4.78 is 10.8. The van der Waals surface area contributed by atoms with Gasteiger partial charge >= 0.3 is 0 Å². The van der Waals surface area contributed by atoms with E-state index in [4.69, 9.17) is 11.1 Å². The van der Waals surface area contributed by atoms with Gasteiger partial charge in [0.1, 0.15) is 0 Å². The molecule has 5 heteroatoms. The monoisotopic (exact) mass is 161 g/mol. The van der Waals surface area contributed by atoms with E-state index in [1.54, 1.807) is 4.90 Å². The van der Waals surface area contributed by atoms with Crippen molar-refractivity contribution in [3.63, 3.8) is 0 Å². The number of rotatable bonds is 0. The summed E-state index contributed by atoms with van der Waals surface area (Å²) in [6, 6.07) is 0. The first-order valence-corrected chi connectivity index (χ1v) is 4.63. The van der Waals surface area contributed by atoms with E-state index < -0.39 is 10.8 Å². The molecule has 0 radical (unpaired) electrons. The summed E-state index contributed by atoms with van der Waals surface area (Å²) in [5, 5.41) is 7.06. The smallest absolute Gasteiger partial charge is 0.188 e. The van der Waals surface area contributed by atoms with Gasteiger partial charge in [0.05, 0.1) is 0 Å². The molecule has 4 nitrogen and oxygen atoms in total. The quantitative estimate of drug-likeness (QED) is 0.351. The van der Waals surface area contributed by atoms with Crippen molar-refractivity contribution >= 4 is 16.8 Å². The van der Waals surface area contributed by atoms with Crippen LogP contribution < -0.4 is 5.73 Å². The predicted octanol–water partition coefficient (Wildman–Crippen LogP) is -1.06. The SMILES string of the molecule is N=C(N)N1CCS(=O)CC1. The van der Waals surface area contributed by atoms with Gasteiger partial charge in [-0.3, -0.25) is 9.62 Å². The van der Waals surface area contributed by atoms with Crippen LogP contribution in [0.2, 0.25) is 0 Å². The molecule has 1 heterocycles. The summed E-state index contributed by atoms with van der Waals surface area (Å²) in [4.78, 5) is 1.74. The zero-order valence-electron chi connectivity index (χ0n) is 5.67. The summed E-state index contributed by atoms with van der Waals surface area (Å²) in [6.07, 6.45) is 0. The largest absolute Gasteiger partial charge is 0.370 e. The Morgan fingerprint density at radius 3 is 2.40 bits per heavy atom. The lowest BCUT2D eigenvalue weighted by molar-refractivity contribution is 0.447. The molecule has 1 fully saturated rings. The number of nitrogens with one attached hydrogen (secondary N) is 1. The fraction of sp³-hybridized carbons (Fsp3) is 0.800. The Bertz CT molecular complexity index is 160. The lowest BCUT2D eigenvalue weighted by Gasteiger charge is -2.25. The summed E-state index contributed by atoms with van der Waals surface area (Å²) >= 11 is 0. The van der Waals surface area contributed by atoms with Gasteiger partial charge in [0, 0.05) is 35.4 Å². The lowest BCUT2D eigenvalue weighted by Crippen LogP contribution is -2.44. The van der Waals surface area contributed by atoms with Gasteiger partial charge < -0.3 is 10.6 Å². The molecule has 0 aliphatic carbocycles. The Morgan fingerprint density at radius 1 is 1.50 bits per heavy atom. The van der Waals surface area contributed by atoms with E-state index in [0.29, 0.717) is 24.6 Å². The van der Waals surface area contributed by atoms with Gasteiger partial charge in [-0.1, -0.05) is 0 Å². The molecule has 10 heavy (non-hydrogen) atoms. The first-order valence-electron chi connectivity index (χ1n) is 3.14. The van der Waals surface area contributed by atoms with Crippen LogP contribution >= 0.6 is 0 Å². The molecule has 0 unspecified atom stereocenters. The number of guanidine groups is 1. The lowest BCUT2D eigenvalue weighted by atomic mass is 10.5. The van der Waals surface area contributed by atoms with E-state index in [-0.39, 0.29) is 5.96 Å². The zero-order valence-corrected chi connectivity index (χ0v) is 6.49. The first kappa shape index (κ1) is 7.53. The molecule has 1 aliphatic rings. The highest BCUT2D eigenvalue weighted by molar-refractivity contribution is 7.85. The van der Waals surface area contributed by atoms with Gasteiger partial charge in [0.25, 0.3) is 0 Å². The molecule has 0 aromatic carbocycles. The number of nitrogens with zero attached hydrogens (tertiary/aromatic N) is 1. The van der Waals surface area contributed by atoms with Crippen molar-refractivity contribution in [1.29, 1.82) is 5.41 Å². The van der Waals surface area contributed by atoms with E-state index in [2.05, 4.69) is 0 Å². The van der Waals surface area contributed by atoms with E-state index >= 15 is 0 Å². The van der Waals surface area contributed by atoms with E-state index in [9.17, 15) is 4.21 Å². The predicted molar refractivity (Wildman–Crippen MR) is 41.4 cm³/mol. The molecule has 0 bridgehead atoms. The average Bonchev–Trinajstić information content (AvgIpc) is 1.88. The molecule has 0 aromatic heterocycles. The number of hydrogen-bond acceptors (Lipinski definition) is 2. The highest BCUT2D eigenvalue weighted by atomic mass is 32.2. The molecular weight excluding hydrogens is 150 g/mol. The van der Waals surface area contributed by atoms with Crippen molar-refractivity contribution in [2.45, 2.75) is 0 Å². The van der Waals surface area contributed by atoms with Gasteiger partial charge in [-0.15, -0.1) is 0 Å². The van der Waals surface area contributed by atoms with Crippen LogP contribution in [0.3, 0.4) is 0 Å². The number of hydrogen-bond donors (Lipinski definition) is 2. The molecule has 58 valence electrons. The van der Waals surface area contributed by atoms with Crippen molar-refractivity contribution in [1.82, 2.24) is 4.90 Å². The molecule has 0 amide bonds. The maximum absolute atomic E-state index is 10.8. The van der Waals surface area contributed by atoms with Crippen molar-refractivity contribution in [3.8, 4) is 0 Å². The Kier molecular flexibility index (Phi) is 2.26. The third kappa shape index (κ3) is 1.70. The maximum Gasteiger partial charge on any atom is 0.188 e. The van der Waals surface area contributed by atoms with Gasteiger partial charge in [0.2, 0.25) is 0 Å². The summed E-state index contributed by atoms with van der Waals surface area (Å²) in [7, 11) is -0.671. The van der Waals surface area contributed by atoms with Gasteiger partial charge in [-0.2, -0.15) is 0 Å². The molecule has 0 spiro atoms. The zero-order chi connectivity index (χ0) is 7.56. The van der Waals surface area contributed by atoms with Crippen LogP contribution in [0.1, 0.15) is 0 Å². The topological polar surface area (TPSA) is 70.2 Å². The Hall–Kier alpha value is -0.580. The van der Waals surface area contributed by atoms with Crippen LogP contribution in [0.15, 0.2) is 0 Å². The van der Waals surface area contributed by atoms with E-state index in [0.717, 1.165) is 0 Å². The Balaban J connectivity index is 2.40. The summed E-state index contributed by atoms with van der Waals surface area (Å²) in [6.45, 7) is 1.34. The fourth-order valence-corrected chi connectivity index (χ4v) is 1.93. The van der Waals surface area contributed by atoms with Crippen LogP contribution in [0.4, 0.5) is 0 Å². The maximum atomic E-state index is 10.8. The van der Waals surface area contributed by atoms with Crippen molar-refractivity contribution in [3.05, 3.63) is 0 Å². The van der Waals surface area contributed by atoms with Gasteiger partial charge in [-0.25, -0.2) is 0 Å². The minimum Gasteiger partial charge on any atom is -0.370 e. The van der Waals surface area contributed by atoms with Gasteiger partial charge in [-0.05, 0) is 0 Å². The fourth-order valence-electron chi connectivity index (χ4n) is 0.879. The van der Waals surface area contributed by atoms with Crippen LogP contribution in [0.25, 0.3) is 0 Å². The molecule has 3 N–H and O–H groups in total. The molecule has 1 rings (SSSR count).